The van der Waals surface area contributed by atoms with Crippen LogP contribution >= 0.6 is 28.1 Å². The lowest BCUT2D eigenvalue weighted by Crippen LogP contribution is -2.25. The van der Waals surface area contributed by atoms with Crippen LogP contribution in [0.2, 0.25) is 0 Å². The van der Waals surface area contributed by atoms with Crippen LogP contribution in [-0.2, 0) is 14.8 Å². The molecule has 0 spiro atoms. The second-order valence-electron chi connectivity index (χ2n) is 4.58. The summed E-state index contributed by atoms with van der Waals surface area (Å²) in [7, 11) is -3.44. The van der Waals surface area contributed by atoms with Crippen molar-refractivity contribution in [1.29, 1.82) is 0 Å². The minimum absolute atomic E-state index is 0.0313. The molecule has 2 rings (SSSR count). The summed E-state index contributed by atoms with van der Waals surface area (Å²) in [5, 5.41) is 0. The quantitative estimate of drug-likeness (QED) is 0.765. The van der Waals surface area contributed by atoms with Gasteiger partial charge in [0.25, 0.3) is 0 Å². The molecular weight excluding hydrogens is 364 g/mol. The van der Waals surface area contributed by atoms with E-state index in [9.17, 15) is 8.42 Å². The Kier molecular flexibility index (Phi) is 5.00. The van der Waals surface area contributed by atoms with E-state index in [1.165, 1.54) is 0 Å². The number of rotatable bonds is 5. The van der Waals surface area contributed by atoms with Gasteiger partial charge in [-0.3, -0.25) is 4.72 Å². The van der Waals surface area contributed by atoms with E-state index in [0.29, 0.717) is 22.3 Å². The Morgan fingerprint density at radius 1 is 1.55 bits per heavy atom. The number of hydrogen-bond donors (Lipinski definition) is 2. The fourth-order valence-electron chi connectivity index (χ4n) is 1.98. The molecule has 0 saturated carbocycles. The van der Waals surface area contributed by atoms with E-state index in [1.54, 1.807) is 18.2 Å². The predicted octanol–water partition coefficient (Wildman–Crippen LogP) is 2.00. The van der Waals surface area contributed by atoms with Crippen LogP contribution in [0.1, 0.15) is 18.4 Å². The zero-order chi connectivity index (χ0) is 14.8. The molecule has 1 aliphatic rings. The van der Waals surface area contributed by atoms with Crippen molar-refractivity contribution >= 4 is 48.8 Å². The largest absolute Gasteiger partial charge is 0.389 e. The van der Waals surface area contributed by atoms with Gasteiger partial charge < -0.3 is 10.5 Å². The van der Waals surface area contributed by atoms with Gasteiger partial charge in [-0.2, -0.15) is 0 Å². The average Bonchev–Trinajstić information content (AvgIpc) is 2.83. The third-order valence-corrected chi connectivity index (χ3v) is 5.18. The van der Waals surface area contributed by atoms with Gasteiger partial charge in [0.2, 0.25) is 10.0 Å². The molecule has 0 bridgehead atoms. The maximum atomic E-state index is 12.1. The lowest BCUT2D eigenvalue weighted by atomic mass is 10.2. The van der Waals surface area contributed by atoms with E-state index >= 15 is 0 Å². The summed E-state index contributed by atoms with van der Waals surface area (Å²) in [5.41, 5.74) is 6.66. The summed E-state index contributed by atoms with van der Waals surface area (Å²) in [6.45, 7) is 0.631. The third kappa shape index (κ3) is 4.15. The minimum Gasteiger partial charge on any atom is -0.389 e. The maximum Gasteiger partial charge on any atom is 0.235 e. The highest BCUT2D eigenvalue weighted by Gasteiger charge is 2.23. The average molecular weight is 379 g/mol. The van der Waals surface area contributed by atoms with Crippen LogP contribution in [0, 0.1) is 0 Å². The van der Waals surface area contributed by atoms with Crippen LogP contribution in [-0.4, -0.2) is 31.9 Å². The number of thiocarbonyl (C=S) groups is 1. The monoisotopic (exact) mass is 378 g/mol. The topological polar surface area (TPSA) is 81.4 Å². The number of hydrogen-bond acceptors (Lipinski definition) is 4. The van der Waals surface area contributed by atoms with E-state index in [1.807, 2.05) is 0 Å². The molecule has 20 heavy (non-hydrogen) atoms. The highest BCUT2D eigenvalue weighted by Crippen LogP contribution is 2.25. The van der Waals surface area contributed by atoms with Crippen molar-refractivity contribution in [3.63, 3.8) is 0 Å². The Bertz CT molecular complexity index is 613. The summed E-state index contributed by atoms with van der Waals surface area (Å²) in [4.78, 5) is 0.263. The van der Waals surface area contributed by atoms with Crippen molar-refractivity contribution in [1.82, 2.24) is 0 Å². The predicted molar refractivity (Wildman–Crippen MR) is 86.4 cm³/mol. The number of sulfonamides is 1. The van der Waals surface area contributed by atoms with Crippen LogP contribution in [0.5, 0.6) is 0 Å². The molecule has 3 N–H and O–H groups in total. The Labute approximate surface area is 132 Å². The Hall–Kier alpha value is -0.700. The number of benzene rings is 1. The number of nitrogens with one attached hydrogen (secondary N) is 1. The fourth-order valence-corrected chi connectivity index (χ4v) is 4.07. The molecule has 1 heterocycles. The number of anilines is 1. The van der Waals surface area contributed by atoms with Crippen LogP contribution < -0.4 is 10.5 Å². The zero-order valence-electron chi connectivity index (χ0n) is 10.6. The van der Waals surface area contributed by atoms with Gasteiger partial charge in [-0.1, -0.05) is 12.2 Å². The van der Waals surface area contributed by atoms with Gasteiger partial charge in [0.05, 0.1) is 17.5 Å². The van der Waals surface area contributed by atoms with Crippen molar-refractivity contribution in [2.24, 2.45) is 5.73 Å². The molecule has 1 aromatic carbocycles. The highest BCUT2D eigenvalue weighted by molar-refractivity contribution is 9.10. The number of ether oxygens (including phenoxy) is 1. The fraction of sp³-hybridized carbons (Fsp3) is 0.417. The van der Waals surface area contributed by atoms with Crippen molar-refractivity contribution in [3.8, 4) is 0 Å². The summed E-state index contributed by atoms with van der Waals surface area (Å²) in [6.07, 6.45) is 1.47. The SMILES string of the molecule is NC(=S)c1ccc(NS(=O)(=O)CC2CCCO2)c(Br)c1. The molecule has 5 nitrogen and oxygen atoms in total. The summed E-state index contributed by atoms with van der Waals surface area (Å²) in [6, 6.07) is 4.99. The first-order valence-electron chi connectivity index (χ1n) is 6.09. The number of nitrogens with two attached hydrogens (primary N) is 1. The molecule has 1 aromatic rings. The van der Waals surface area contributed by atoms with Gasteiger partial charge in [-0.25, -0.2) is 8.42 Å². The lowest BCUT2D eigenvalue weighted by molar-refractivity contribution is 0.127. The first-order valence-corrected chi connectivity index (χ1v) is 8.94. The van der Waals surface area contributed by atoms with Crippen LogP contribution in [0.4, 0.5) is 5.69 Å². The van der Waals surface area contributed by atoms with Gasteiger partial charge in [0.1, 0.15) is 4.99 Å². The van der Waals surface area contributed by atoms with E-state index in [-0.39, 0.29) is 16.8 Å². The van der Waals surface area contributed by atoms with Gasteiger partial charge in [0, 0.05) is 16.6 Å². The lowest BCUT2D eigenvalue weighted by Gasteiger charge is -2.13. The molecule has 8 heteroatoms. The molecule has 1 saturated heterocycles. The molecule has 1 unspecified atom stereocenters. The molecule has 0 aromatic heterocycles. The van der Waals surface area contributed by atoms with Gasteiger partial charge in [-0.05, 0) is 47.0 Å². The first-order chi connectivity index (χ1) is 9.37. The van der Waals surface area contributed by atoms with E-state index < -0.39 is 10.0 Å². The standard InChI is InChI=1S/C12H15BrN2O3S2/c13-10-6-8(12(14)19)3-4-11(10)15-20(16,17)7-9-2-1-5-18-9/h3-4,6,9,15H,1-2,5,7H2,(H2,14,19). The van der Waals surface area contributed by atoms with Gasteiger partial charge in [-0.15, -0.1) is 0 Å². The van der Waals surface area contributed by atoms with Crippen molar-refractivity contribution < 1.29 is 13.2 Å². The van der Waals surface area contributed by atoms with Crippen molar-refractivity contribution in [2.45, 2.75) is 18.9 Å². The normalized spacial score (nSPS) is 18.9. The van der Waals surface area contributed by atoms with Crippen LogP contribution in [0.3, 0.4) is 0 Å². The first kappa shape index (κ1) is 15.7. The summed E-state index contributed by atoms with van der Waals surface area (Å²) in [5.74, 6) is -0.0313. The molecule has 0 radical (unpaired) electrons. The highest BCUT2D eigenvalue weighted by atomic mass is 79.9. The van der Waals surface area contributed by atoms with E-state index in [4.69, 9.17) is 22.7 Å². The molecule has 0 aliphatic carbocycles. The molecule has 110 valence electrons. The zero-order valence-corrected chi connectivity index (χ0v) is 13.9. The molecule has 0 amide bonds. The Morgan fingerprint density at radius 2 is 2.30 bits per heavy atom. The molecule has 1 atom stereocenters. The van der Waals surface area contributed by atoms with E-state index in [0.717, 1.165) is 12.8 Å². The van der Waals surface area contributed by atoms with Crippen LogP contribution in [0.25, 0.3) is 0 Å². The summed E-state index contributed by atoms with van der Waals surface area (Å²) < 4.78 is 32.6. The van der Waals surface area contributed by atoms with Crippen LogP contribution in [0.15, 0.2) is 22.7 Å². The molecule has 1 aliphatic heterocycles. The molecular formula is C12H15BrN2O3S2. The van der Waals surface area contributed by atoms with Crippen molar-refractivity contribution in [3.05, 3.63) is 28.2 Å². The smallest absolute Gasteiger partial charge is 0.235 e. The second kappa shape index (κ2) is 6.38. The van der Waals surface area contributed by atoms with Gasteiger partial charge in [0.15, 0.2) is 0 Å². The Morgan fingerprint density at radius 3 is 2.85 bits per heavy atom. The molecule has 1 fully saturated rings. The number of halogens is 1. The summed E-state index contributed by atoms with van der Waals surface area (Å²) >= 11 is 8.18. The van der Waals surface area contributed by atoms with Crippen molar-refractivity contribution in [2.75, 3.05) is 17.1 Å². The van der Waals surface area contributed by atoms with E-state index in [2.05, 4.69) is 20.7 Å². The third-order valence-electron chi connectivity index (χ3n) is 2.95. The Balaban J connectivity index is 2.10. The van der Waals surface area contributed by atoms with Gasteiger partial charge >= 0.3 is 0 Å². The maximum absolute atomic E-state index is 12.1. The minimum atomic E-state index is -3.44. The second-order valence-corrected chi connectivity index (χ2v) is 7.64.